The molecule has 3 rings (SSSR count). The zero-order chi connectivity index (χ0) is 19.3. The number of hydrogen-bond acceptors (Lipinski definition) is 6. The van der Waals surface area contributed by atoms with Gasteiger partial charge in [0.05, 0.1) is 11.7 Å². The van der Waals surface area contributed by atoms with Crippen LogP contribution in [0.4, 0.5) is 5.82 Å². The summed E-state index contributed by atoms with van der Waals surface area (Å²) in [7, 11) is 1.54. The van der Waals surface area contributed by atoms with Gasteiger partial charge in [-0.3, -0.25) is 19.3 Å². The number of anilines is 1. The molecule has 26 heavy (non-hydrogen) atoms. The van der Waals surface area contributed by atoms with Gasteiger partial charge in [0.2, 0.25) is 0 Å². The average molecular weight is 379 g/mol. The maximum atomic E-state index is 13.4. The number of carbonyl (C=O) groups excluding carboxylic acids is 3. The Hall–Kier alpha value is -2.03. The van der Waals surface area contributed by atoms with Crippen LogP contribution in [-0.2, 0) is 9.59 Å². The van der Waals surface area contributed by atoms with Crippen molar-refractivity contribution >= 4 is 35.3 Å². The third-order valence-corrected chi connectivity index (χ3v) is 5.55. The first kappa shape index (κ1) is 18.8. The number of likely N-dealkylation sites (N-methyl/N-ethyl adjacent to an activating group) is 1. The lowest BCUT2D eigenvalue weighted by Gasteiger charge is -2.42. The van der Waals surface area contributed by atoms with Crippen molar-refractivity contribution in [3.05, 3.63) is 5.69 Å². The predicted octanol–water partition coefficient (Wildman–Crippen LogP) is 1.57. The van der Waals surface area contributed by atoms with Crippen molar-refractivity contribution < 1.29 is 14.4 Å². The maximum absolute atomic E-state index is 13.4. The fourth-order valence-electron chi connectivity index (χ4n) is 3.74. The normalized spacial score (nSPS) is 24.7. The van der Waals surface area contributed by atoms with Crippen LogP contribution < -0.4 is 10.2 Å². The van der Waals surface area contributed by atoms with Gasteiger partial charge in [0.1, 0.15) is 0 Å². The van der Waals surface area contributed by atoms with Gasteiger partial charge in [0.15, 0.2) is 17.1 Å². The second kappa shape index (κ2) is 6.29. The topological polar surface area (TPSA) is 95.5 Å². The largest absolute Gasteiger partial charge is 0.349 e. The Balaban J connectivity index is 2.15. The average Bonchev–Trinajstić information content (AvgIpc) is 3.21. The molecule has 0 bridgehead atoms. The lowest BCUT2D eigenvalue weighted by atomic mass is 9.92. The molecule has 1 fully saturated rings. The number of nitrogens with zero attached hydrogens (tertiary/aromatic N) is 4. The molecule has 8 nitrogen and oxygen atoms in total. The Kier molecular flexibility index (Phi) is 4.54. The Morgan fingerprint density at radius 1 is 1.23 bits per heavy atom. The van der Waals surface area contributed by atoms with E-state index in [4.69, 9.17) is 0 Å². The van der Waals surface area contributed by atoms with E-state index in [1.807, 2.05) is 20.8 Å². The molecule has 1 atom stereocenters. The number of rotatable bonds is 2. The van der Waals surface area contributed by atoms with Crippen molar-refractivity contribution in [3.8, 4) is 0 Å². The van der Waals surface area contributed by atoms with E-state index in [1.165, 1.54) is 16.8 Å². The van der Waals surface area contributed by atoms with E-state index in [0.29, 0.717) is 0 Å². The fraction of sp³-hybridized carbons (Fsp3) is 0.706. The molecule has 1 aromatic heterocycles. The summed E-state index contributed by atoms with van der Waals surface area (Å²) < 4.78 is 8.23. The summed E-state index contributed by atoms with van der Waals surface area (Å²) in [6.45, 7) is 7.08. The van der Waals surface area contributed by atoms with Crippen LogP contribution in [0.5, 0.6) is 0 Å². The molecule has 0 spiro atoms. The van der Waals surface area contributed by atoms with Gasteiger partial charge < -0.3 is 10.2 Å². The molecule has 9 heteroatoms. The van der Waals surface area contributed by atoms with E-state index in [9.17, 15) is 14.4 Å². The highest BCUT2D eigenvalue weighted by Crippen LogP contribution is 2.37. The second-order valence-corrected chi connectivity index (χ2v) is 8.72. The van der Waals surface area contributed by atoms with Gasteiger partial charge >= 0.3 is 0 Å². The highest BCUT2D eigenvalue weighted by molar-refractivity contribution is 6.99. The maximum Gasteiger partial charge on any atom is 0.279 e. The zero-order valence-corrected chi connectivity index (χ0v) is 16.6. The van der Waals surface area contributed by atoms with Crippen LogP contribution in [0.15, 0.2) is 0 Å². The van der Waals surface area contributed by atoms with Crippen LogP contribution in [0.1, 0.15) is 63.9 Å². The molecule has 1 aromatic rings. The summed E-state index contributed by atoms with van der Waals surface area (Å²) in [5, 5.41) is 2.88. The van der Waals surface area contributed by atoms with Gasteiger partial charge in [-0.1, -0.05) is 12.8 Å². The van der Waals surface area contributed by atoms with Crippen molar-refractivity contribution in [2.45, 2.75) is 70.5 Å². The number of nitrogens with one attached hydrogen (secondary N) is 1. The van der Waals surface area contributed by atoms with Gasteiger partial charge in [-0.2, -0.15) is 8.75 Å². The highest BCUT2D eigenvalue weighted by atomic mass is 32.1. The van der Waals surface area contributed by atoms with Gasteiger partial charge in [0.25, 0.3) is 17.7 Å². The first-order valence-electron chi connectivity index (χ1n) is 8.84. The van der Waals surface area contributed by atoms with E-state index < -0.39 is 28.8 Å². The van der Waals surface area contributed by atoms with Crippen molar-refractivity contribution in [3.63, 3.8) is 0 Å². The molecule has 142 valence electrons. The van der Waals surface area contributed by atoms with E-state index in [-0.39, 0.29) is 17.6 Å². The van der Waals surface area contributed by atoms with Crippen molar-refractivity contribution in [2.24, 2.45) is 0 Å². The SMILES string of the molecule is CN1C(=O)C(C)(C(=O)NC(C)(C)C)N(C2CCCC2)C(=O)c2nsnc21. The lowest BCUT2D eigenvalue weighted by molar-refractivity contribution is -0.144. The number of fused-ring (bicyclic) bond motifs is 1. The van der Waals surface area contributed by atoms with Crippen molar-refractivity contribution in [1.29, 1.82) is 0 Å². The molecule has 1 aliphatic carbocycles. The summed E-state index contributed by atoms with van der Waals surface area (Å²) >= 11 is 0.895. The number of hydrogen-bond donors (Lipinski definition) is 1. The third kappa shape index (κ3) is 2.87. The monoisotopic (exact) mass is 379 g/mol. The highest BCUT2D eigenvalue weighted by Gasteiger charge is 2.57. The summed E-state index contributed by atoms with van der Waals surface area (Å²) in [6.07, 6.45) is 3.48. The second-order valence-electron chi connectivity index (χ2n) is 8.19. The summed E-state index contributed by atoms with van der Waals surface area (Å²) in [4.78, 5) is 42.7. The number of aromatic nitrogens is 2. The third-order valence-electron chi connectivity index (χ3n) is 5.03. The molecule has 1 unspecified atom stereocenters. The van der Waals surface area contributed by atoms with Crippen LogP contribution in [0.2, 0.25) is 0 Å². The molecule has 2 heterocycles. The molecule has 2 aliphatic rings. The molecule has 0 saturated heterocycles. The first-order valence-corrected chi connectivity index (χ1v) is 9.57. The minimum atomic E-state index is -1.64. The van der Waals surface area contributed by atoms with Crippen molar-refractivity contribution in [1.82, 2.24) is 19.0 Å². The van der Waals surface area contributed by atoms with E-state index in [1.54, 1.807) is 6.92 Å². The predicted molar refractivity (Wildman–Crippen MR) is 98.0 cm³/mol. The van der Waals surface area contributed by atoms with E-state index in [0.717, 1.165) is 37.4 Å². The molecule has 1 N–H and O–H groups in total. The Labute approximate surface area is 157 Å². The molecule has 0 aromatic carbocycles. The summed E-state index contributed by atoms with van der Waals surface area (Å²) in [5.41, 5.74) is -2.03. The Morgan fingerprint density at radius 2 is 1.85 bits per heavy atom. The van der Waals surface area contributed by atoms with Gasteiger partial charge in [-0.25, -0.2) is 0 Å². The molecular weight excluding hydrogens is 354 g/mol. The Bertz CT molecular complexity index is 750. The van der Waals surface area contributed by atoms with Crippen LogP contribution in [0.3, 0.4) is 0 Å². The number of carbonyl (C=O) groups is 3. The van der Waals surface area contributed by atoms with Gasteiger partial charge in [0, 0.05) is 18.6 Å². The van der Waals surface area contributed by atoms with Crippen LogP contribution in [0.25, 0.3) is 0 Å². The summed E-state index contributed by atoms with van der Waals surface area (Å²) in [5.74, 6) is -1.12. The zero-order valence-electron chi connectivity index (χ0n) is 15.8. The molecule has 3 amide bonds. The first-order chi connectivity index (χ1) is 12.1. The minimum Gasteiger partial charge on any atom is -0.349 e. The minimum absolute atomic E-state index is 0.144. The molecular formula is C17H25N5O3S. The molecule has 1 saturated carbocycles. The Morgan fingerprint density at radius 3 is 2.42 bits per heavy atom. The lowest BCUT2D eigenvalue weighted by Crippen LogP contribution is -2.69. The number of amides is 3. The van der Waals surface area contributed by atoms with Crippen LogP contribution in [0, 0.1) is 0 Å². The van der Waals surface area contributed by atoms with E-state index in [2.05, 4.69) is 14.1 Å². The van der Waals surface area contributed by atoms with Crippen LogP contribution >= 0.6 is 11.7 Å². The van der Waals surface area contributed by atoms with Gasteiger partial charge in [-0.15, -0.1) is 0 Å². The smallest absolute Gasteiger partial charge is 0.279 e. The van der Waals surface area contributed by atoms with Crippen LogP contribution in [-0.4, -0.2) is 55.5 Å². The van der Waals surface area contributed by atoms with Gasteiger partial charge in [-0.05, 0) is 40.5 Å². The quantitative estimate of drug-likeness (QED) is 0.787. The van der Waals surface area contributed by atoms with Crippen molar-refractivity contribution in [2.75, 3.05) is 11.9 Å². The molecule has 1 aliphatic heterocycles. The standard InChI is InChI=1S/C17H25N5O3S/c1-16(2,3)18-14(24)17(4)15(25)21(5)12-11(19-26-20-12)13(23)22(17)10-8-6-7-9-10/h10H,6-9H2,1-5H3,(H,18,24). The van der Waals surface area contributed by atoms with E-state index >= 15 is 0 Å². The molecule has 0 radical (unpaired) electrons. The fourth-order valence-corrected chi connectivity index (χ4v) is 4.31. The summed E-state index contributed by atoms with van der Waals surface area (Å²) in [6, 6.07) is -0.164.